The van der Waals surface area contributed by atoms with Crippen LogP contribution in [0.3, 0.4) is 0 Å². The van der Waals surface area contributed by atoms with Crippen molar-refractivity contribution in [3.63, 3.8) is 0 Å². The zero-order valence-electron chi connectivity index (χ0n) is 12.3. The van der Waals surface area contributed by atoms with Gasteiger partial charge in [-0.15, -0.1) is 0 Å². The fraction of sp³-hybridized carbons (Fsp3) is 0.625. The zero-order chi connectivity index (χ0) is 13.5. The lowest BCUT2D eigenvalue weighted by Gasteiger charge is -2.28. The van der Waals surface area contributed by atoms with Gasteiger partial charge in [-0.1, -0.05) is 26.0 Å². The number of rotatable bonds is 7. The molecule has 0 radical (unpaired) electrons. The molecule has 102 valence electrons. The molecule has 2 N–H and O–H groups in total. The van der Waals surface area contributed by atoms with Crippen molar-refractivity contribution < 1.29 is 0 Å². The fourth-order valence-electron chi connectivity index (χ4n) is 2.20. The van der Waals surface area contributed by atoms with Crippen molar-refractivity contribution in [3.8, 4) is 0 Å². The van der Waals surface area contributed by atoms with Crippen molar-refractivity contribution in [1.82, 2.24) is 4.90 Å². The van der Waals surface area contributed by atoms with Gasteiger partial charge in [-0.3, -0.25) is 0 Å². The van der Waals surface area contributed by atoms with Gasteiger partial charge in [0.05, 0.1) is 0 Å². The van der Waals surface area contributed by atoms with Gasteiger partial charge in [0.1, 0.15) is 0 Å². The molecule has 0 bridgehead atoms. The van der Waals surface area contributed by atoms with Gasteiger partial charge in [-0.25, -0.2) is 0 Å². The van der Waals surface area contributed by atoms with Crippen LogP contribution in [0.25, 0.3) is 0 Å². The Morgan fingerprint density at radius 3 is 2.17 bits per heavy atom. The minimum absolute atomic E-state index is 0.638. The van der Waals surface area contributed by atoms with Gasteiger partial charge in [-0.05, 0) is 56.8 Å². The Morgan fingerprint density at radius 2 is 1.67 bits per heavy atom. The van der Waals surface area contributed by atoms with Crippen LogP contribution in [0.1, 0.15) is 39.7 Å². The maximum Gasteiger partial charge on any atom is 0.0314 e. The second-order valence-electron chi connectivity index (χ2n) is 5.83. The molecule has 0 aliphatic carbocycles. The van der Waals surface area contributed by atoms with Crippen LogP contribution in [0.5, 0.6) is 0 Å². The van der Waals surface area contributed by atoms with Gasteiger partial charge in [0, 0.05) is 18.3 Å². The molecule has 1 rings (SSSR count). The van der Waals surface area contributed by atoms with Crippen LogP contribution in [0.2, 0.25) is 0 Å². The van der Waals surface area contributed by atoms with E-state index in [9.17, 15) is 0 Å². The standard InChI is InChI=1S/C16H28N2/c1-13(2)12-18(14(3)4)11-5-6-15-7-9-16(17)10-8-15/h7-10,13-14H,5-6,11-12,17H2,1-4H3. The molecule has 0 spiro atoms. The van der Waals surface area contributed by atoms with Crippen LogP contribution in [-0.4, -0.2) is 24.0 Å². The number of benzene rings is 1. The summed E-state index contributed by atoms with van der Waals surface area (Å²) in [5.41, 5.74) is 7.93. The van der Waals surface area contributed by atoms with Crippen molar-refractivity contribution in [3.05, 3.63) is 29.8 Å². The molecule has 2 nitrogen and oxygen atoms in total. The molecule has 2 heteroatoms. The normalized spacial score (nSPS) is 11.7. The number of aryl methyl sites for hydroxylation is 1. The summed E-state index contributed by atoms with van der Waals surface area (Å²) in [7, 11) is 0. The molecule has 0 atom stereocenters. The SMILES string of the molecule is CC(C)CN(CCCc1ccc(N)cc1)C(C)C. The van der Waals surface area contributed by atoms with Crippen LogP contribution < -0.4 is 5.73 Å². The Labute approximate surface area is 112 Å². The quantitative estimate of drug-likeness (QED) is 0.747. The predicted molar refractivity (Wildman–Crippen MR) is 80.7 cm³/mol. The molecular formula is C16H28N2. The van der Waals surface area contributed by atoms with Crippen LogP contribution in [0, 0.1) is 5.92 Å². The first-order chi connectivity index (χ1) is 8.49. The molecular weight excluding hydrogens is 220 g/mol. The van der Waals surface area contributed by atoms with Crippen molar-refractivity contribution in [2.75, 3.05) is 18.8 Å². The molecule has 1 aromatic rings. The van der Waals surface area contributed by atoms with E-state index in [1.807, 2.05) is 12.1 Å². The molecule has 0 fully saturated rings. The smallest absolute Gasteiger partial charge is 0.0314 e. The maximum atomic E-state index is 5.69. The zero-order valence-corrected chi connectivity index (χ0v) is 12.3. The van der Waals surface area contributed by atoms with Gasteiger partial charge >= 0.3 is 0 Å². The van der Waals surface area contributed by atoms with E-state index in [1.54, 1.807) is 0 Å². The van der Waals surface area contributed by atoms with Gasteiger partial charge in [0.15, 0.2) is 0 Å². The van der Waals surface area contributed by atoms with Crippen molar-refractivity contribution >= 4 is 5.69 Å². The second kappa shape index (κ2) is 7.42. The number of hydrogen-bond donors (Lipinski definition) is 1. The summed E-state index contributed by atoms with van der Waals surface area (Å²) < 4.78 is 0. The summed E-state index contributed by atoms with van der Waals surface area (Å²) in [6.45, 7) is 11.5. The van der Waals surface area contributed by atoms with Crippen LogP contribution in [0.15, 0.2) is 24.3 Å². The largest absolute Gasteiger partial charge is 0.399 e. The van der Waals surface area contributed by atoms with Gasteiger partial charge < -0.3 is 10.6 Å². The lowest BCUT2D eigenvalue weighted by Crippen LogP contribution is -2.35. The van der Waals surface area contributed by atoms with E-state index in [4.69, 9.17) is 5.73 Å². The van der Waals surface area contributed by atoms with E-state index in [-0.39, 0.29) is 0 Å². The molecule has 0 aliphatic heterocycles. The third kappa shape index (κ3) is 5.54. The second-order valence-corrected chi connectivity index (χ2v) is 5.83. The lowest BCUT2D eigenvalue weighted by atomic mass is 10.1. The highest BCUT2D eigenvalue weighted by Crippen LogP contribution is 2.10. The molecule has 0 saturated heterocycles. The lowest BCUT2D eigenvalue weighted by molar-refractivity contribution is 0.195. The van der Waals surface area contributed by atoms with Gasteiger partial charge in [0.25, 0.3) is 0 Å². The molecule has 0 saturated carbocycles. The summed E-state index contributed by atoms with van der Waals surface area (Å²) in [5.74, 6) is 0.740. The fourth-order valence-corrected chi connectivity index (χ4v) is 2.20. The first-order valence-electron chi connectivity index (χ1n) is 7.07. The minimum Gasteiger partial charge on any atom is -0.399 e. The monoisotopic (exact) mass is 248 g/mol. The Balaban J connectivity index is 2.36. The van der Waals surface area contributed by atoms with Crippen molar-refractivity contribution in [1.29, 1.82) is 0 Å². The van der Waals surface area contributed by atoms with E-state index in [2.05, 4.69) is 44.7 Å². The third-order valence-electron chi connectivity index (χ3n) is 3.22. The summed E-state index contributed by atoms with van der Waals surface area (Å²) >= 11 is 0. The van der Waals surface area contributed by atoms with E-state index < -0.39 is 0 Å². The predicted octanol–water partition coefficient (Wildman–Crippen LogP) is 3.57. The van der Waals surface area contributed by atoms with E-state index in [1.165, 1.54) is 25.1 Å². The summed E-state index contributed by atoms with van der Waals surface area (Å²) in [6.07, 6.45) is 2.36. The van der Waals surface area contributed by atoms with Gasteiger partial charge in [-0.2, -0.15) is 0 Å². The van der Waals surface area contributed by atoms with Crippen molar-refractivity contribution in [2.45, 2.75) is 46.6 Å². The van der Waals surface area contributed by atoms with Crippen LogP contribution in [-0.2, 0) is 6.42 Å². The number of hydrogen-bond acceptors (Lipinski definition) is 2. The molecule has 0 aromatic heterocycles. The molecule has 0 amide bonds. The Kier molecular flexibility index (Phi) is 6.20. The number of nitrogen functional groups attached to an aromatic ring is 1. The number of nitrogens with zero attached hydrogens (tertiary/aromatic N) is 1. The Hall–Kier alpha value is -1.02. The highest BCUT2D eigenvalue weighted by atomic mass is 15.1. The molecule has 0 unspecified atom stereocenters. The maximum absolute atomic E-state index is 5.69. The minimum atomic E-state index is 0.638. The average Bonchev–Trinajstić information content (AvgIpc) is 2.29. The van der Waals surface area contributed by atoms with Crippen molar-refractivity contribution in [2.24, 2.45) is 5.92 Å². The van der Waals surface area contributed by atoms with Crippen LogP contribution in [0.4, 0.5) is 5.69 Å². The Morgan fingerprint density at radius 1 is 1.06 bits per heavy atom. The van der Waals surface area contributed by atoms with Crippen LogP contribution >= 0.6 is 0 Å². The highest BCUT2D eigenvalue weighted by Gasteiger charge is 2.10. The number of anilines is 1. The van der Waals surface area contributed by atoms with Gasteiger partial charge in [0.2, 0.25) is 0 Å². The molecule has 18 heavy (non-hydrogen) atoms. The topological polar surface area (TPSA) is 29.3 Å². The Bertz CT molecular complexity index is 327. The summed E-state index contributed by atoms with van der Waals surface area (Å²) in [4.78, 5) is 2.57. The molecule has 0 heterocycles. The molecule has 0 aliphatic rings. The average molecular weight is 248 g/mol. The molecule has 1 aromatic carbocycles. The first-order valence-corrected chi connectivity index (χ1v) is 7.07. The van der Waals surface area contributed by atoms with E-state index in [0.29, 0.717) is 6.04 Å². The van der Waals surface area contributed by atoms with E-state index in [0.717, 1.165) is 18.0 Å². The third-order valence-corrected chi connectivity index (χ3v) is 3.22. The van der Waals surface area contributed by atoms with E-state index >= 15 is 0 Å². The summed E-state index contributed by atoms with van der Waals surface area (Å²) in [6, 6.07) is 8.89. The first kappa shape index (κ1) is 15.0. The number of nitrogens with two attached hydrogens (primary N) is 1. The summed E-state index contributed by atoms with van der Waals surface area (Å²) in [5, 5.41) is 0. The highest BCUT2D eigenvalue weighted by molar-refractivity contribution is 5.39.